The summed E-state index contributed by atoms with van der Waals surface area (Å²) in [6, 6.07) is 7.22. The van der Waals surface area contributed by atoms with Crippen LogP contribution in [0.3, 0.4) is 0 Å². The number of aromatic nitrogens is 4. The molecule has 0 N–H and O–H groups in total. The number of carbonyl (C=O) groups is 1. The van der Waals surface area contributed by atoms with Crippen LogP contribution in [-0.4, -0.2) is 67.3 Å². The van der Waals surface area contributed by atoms with E-state index in [0.29, 0.717) is 32.8 Å². The lowest BCUT2D eigenvalue weighted by Crippen LogP contribution is -2.29. The minimum atomic E-state index is -0.107. The molecule has 0 unspecified atom stereocenters. The molecule has 0 spiro atoms. The summed E-state index contributed by atoms with van der Waals surface area (Å²) >= 11 is 9.28. The van der Waals surface area contributed by atoms with Crippen molar-refractivity contribution in [2.24, 2.45) is 0 Å². The Hall–Kier alpha value is -2.40. The third-order valence-corrected chi connectivity index (χ3v) is 8.87. The van der Waals surface area contributed by atoms with E-state index in [1.165, 1.54) is 16.6 Å². The first-order chi connectivity index (χ1) is 16.5. The van der Waals surface area contributed by atoms with E-state index in [2.05, 4.69) is 22.1 Å². The molecular formula is C23H23ClN6O2S2. The number of fused-ring (bicyclic) bond motifs is 5. The molecule has 0 aliphatic carbocycles. The van der Waals surface area contributed by atoms with Crippen molar-refractivity contribution >= 4 is 56.6 Å². The van der Waals surface area contributed by atoms with Crippen molar-refractivity contribution in [1.29, 1.82) is 0 Å². The fourth-order valence-corrected chi connectivity index (χ4v) is 7.30. The Morgan fingerprint density at radius 2 is 2.03 bits per heavy atom. The lowest BCUT2D eigenvalue weighted by atomic mass is 10.1. The molecule has 3 aromatic heterocycles. The molecule has 1 saturated heterocycles. The van der Waals surface area contributed by atoms with Gasteiger partial charge in [0, 0.05) is 36.1 Å². The van der Waals surface area contributed by atoms with Gasteiger partial charge in [-0.25, -0.2) is 8.97 Å². The second kappa shape index (κ2) is 8.67. The number of rotatable bonds is 4. The molecule has 8 nitrogen and oxygen atoms in total. The van der Waals surface area contributed by atoms with Gasteiger partial charge in [-0.1, -0.05) is 29.4 Å². The number of hydrogen-bond acceptors (Lipinski definition) is 7. The van der Waals surface area contributed by atoms with Crippen molar-refractivity contribution in [3.05, 3.63) is 50.1 Å². The standard InChI is InChI=1S/C23H23ClN6O2S2/c1-27-10-7-16-17(12-27)34-21-19(16)20(32)29(15-6-4-5-14(24)11-15)22-25-26-23(30(21)22)33-13-18(31)28-8-2-3-9-28/h4-6,11H,2-3,7-10,12-13H2,1H3. The van der Waals surface area contributed by atoms with Crippen LogP contribution in [-0.2, 0) is 17.8 Å². The molecule has 176 valence electrons. The van der Waals surface area contributed by atoms with Gasteiger partial charge in [0.2, 0.25) is 11.7 Å². The maximum atomic E-state index is 13.9. The monoisotopic (exact) mass is 514 g/mol. The molecule has 34 heavy (non-hydrogen) atoms. The second-order valence-electron chi connectivity index (χ2n) is 8.79. The molecule has 6 rings (SSSR count). The van der Waals surface area contributed by atoms with Crippen LogP contribution in [0.2, 0.25) is 5.02 Å². The highest BCUT2D eigenvalue weighted by Gasteiger charge is 2.27. The molecule has 1 amide bonds. The number of hydrogen-bond donors (Lipinski definition) is 0. The maximum absolute atomic E-state index is 13.9. The van der Waals surface area contributed by atoms with Crippen molar-refractivity contribution in [3.63, 3.8) is 0 Å². The average molecular weight is 515 g/mol. The average Bonchev–Trinajstić information content (AvgIpc) is 3.56. The number of thiophene rings is 1. The predicted molar refractivity (Wildman–Crippen MR) is 136 cm³/mol. The van der Waals surface area contributed by atoms with E-state index in [0.717, 1.165) is 55.8 Å². The van der Waals surface area contributed by atoms with Crippen molar-refractivity contribution in [2.75, 3.05) is 32.4 Å². The Morgan fingerprint density at radius 3 is 2.82 bits per heavy atom. The predicted octanol–water partition coefficient (Wildman–Crippen LogP) is 3.45. The van der Waals surface area contributed by atoms with Crippen LogP contribution in [0.25, 0.3) is 21.7 Å². The van der Waals surface area contributed by atoms with Gasteiger partial charge in [0.1, 0.15) is 4.83 Å². The Kier molecular flexibility index (Phi) is 5.63. The third kappa shape index (κ3) is 3.64. The first-order valence-electron chi connectivity index (χ1n) is 11.3. The molecule has 0 atom stereocenters. The fraction of sp³-hybridized carbons (Fsp3) is 0.391. The number of likely N-dealkylation sites (N-methyl/N-ethyl adjacent to an activating group) is 1. The number of nitrogens with zero attached hydrogens (tertiary/aromatic N) is 6. The van der Waals surface area contributed by atoms with E-state index in [4.69, 9.17) is 11.6 Å². The largest absolute Gasteiger partial charge is 0.342 e. The van der Waals surface area contributed by atoms with Crippen LogP contribution in [0.1, 0.15) is 23.3 Å². The van der Waals surface area contributed by atoms with Crippen LogP contribution >= 0.6 is 34.7 Å². The summed E-state index contributed by atoms with van der Waals surface area (Å²) in [4.78, 5) is 32.8. The van der Waals surface area contributed by atoms with Gasteiger partial charge in [-0.15, -0.1) is 21.5 Å². The van der Waals surface area contributed by atoms with Crippen molar-refractivity contribution in [1.82, 2.24) is 29.0 Å². The lowest BCUT2D eigenvalue weighted by molar-refractivity contribution is -0.127. The van der Waals surface area contributed by atoms with Gasteiger partial charge in [-0.05, 0) is 50.1 Å². The van der Waals surface area contributed by atoms with Crippen LogP contribution in [0.15, 0.2) is 34.2 Å². The van der Waals surface area contributed by atoms with Crippen LogP contribution < -0.4 is 5.56 Å². The molecule has 0 radical (unpaired) electrons. The molecule has 1 fully saturated rings. The van der Waals surface area contributed by atoms with Crippen molar-refractivity contribution < 1.29 is 4.79 Å². The quantitative estimate of drug-likeness (QED) is 0.388. The van der Waals surface area contributed by atoms with E-state index >= 15 is 0 Å². The number of carbonyl (C=O) groups excluding carboxylic acids is 1. The Balaban J connectivity index is 1.55. The fourth-order valence-electron chi connectivity index (χ4n) is 4.81. The highest BCUT2D eigenvalue weighted by molar-refractivity contribution is 7.99. The molecule has 5 heterocycles. The van der Waals surface area contributed by atoms with E-state index in [1.807, 2.05) is 21.4 Å². The van der Waals surface area contributed by atoms with Crippen LogP contribution in [0.5, 0.6) is 0 Å². The van der Waals surface area contributed by atoms with Gasteiger partial charge in [-0.3, -0.25) is 9.59 Å². The van der Waals surface area contributed by atoms with Gasteiger partial charge in [0.05, 0.1) is 16.8 Å². The molecule has 0 saturated carbocycles. The molecule has 11 heteroatoms. The zero-order valence-corrected chi connectivity index (χ0v) is 21.0. The zero-order chi connectivity index (χ0) is 23.4. The van der Waals surface area contributed by atoms with E-state index in [1.54, 1.807) is 28.0 Å². The van der Waals surface area contributed by atoms with E-state index < -0.39 is 0 Å². The van der Waals surface area contributed by atoms with Gasteiger partial charge in [0.25, 0.3) is 5.56 Å². The summed E-state index contributed by atoms with van der Waals surface area (Å²) in [7, 11) is 2.09. The lowest BCUT2D eigenvalue weighted by Gasteiger charge is -2.21. The SMILES string of the molecule is CN1CCc2c(sc3c2c(=O)n(-c2cccc(Cl)c2)c2nnc(SCC(=O)N4CCCC4)n32)C1. The third-order valence-electron chi connectivity index (χ3n) is 6.52. The molecule has 1 aromatic carbocycles. The molecular weight excluding hydrogens is 492 g/mol. The smallest absolute Gasteiger partial charge is 0.268 e. The first-order valence-corrected chi connectivity index (χ1v) is 13.5. The Bertz CT molecular complexity index is 1490. The van der Waals surface area contributed by atoms with Gasteiger partial charge < -0.3 is 9.80 Å². The maximum Gasteiger partial charge on any atom is 0.268 e. The van der Waals surface area contributed by atoms with E-state index in [-0.39, 0.29) is 11.5 Å². The van der Waals surface area contributed by atoms with Crippen LogP contribution in [0, 0.1) is 0 Å². The number of likely N-dealkylation sites (tertiary alicyclic amines) is 1. The number of benzene rings is 1. The highest BCUT2D eigenvalue weighted by atomic mass is 35.5. The van der Waals surface area contributed by atoms with Crippen LogP contribution in [0.4, 0.5) is 0 Å². The van der Waals surface area contributed by atoms with E-state index in [9.17, 15) is 9.59 Å². The molecule has 2 aliphatic rings. The summed E-state index contributed by atoms with van der Waals surface area (Å²) in [6.07, 6.45) is 2.94. The summed E-state index contributed by atoms with van der Waals surface area (Å²) < 4.78 is 3.54. The van der Waals surface area contributed by atoms with Gasteiger partial charge in [0.15, 0.2) is 5.16 Å². The Labute approximate surface area is 209 Å². The summed E-state index contributed by atoms with van der Waals surface area (Å²) in [5.41, 5.74) is 1.65. The minimum absolute atomic E-state index is 0.107. The number of halogens is 1. The Morgan fingerprint density at radius 1 is 1.21 bits per heavy atom. The van der Waals surface area contributed by atoms with Crippen molar-refractivity contribution in [3.8, 4) is 5.69 Å². The summed E-state index contributed by atoms with van der Waals surface area (Å²) in [5.74, 6) is 0.848. The van der Waals surface area contributed by atoms with Gasteiger partial charge >= 0.3 is 0 Å². The molecule has 4 aromatic rings. The minimum Gasteiger partial charge on any atom is -0.342 e. The summed E-state index contributed by atoms with van der Waals surface area (Å²) in [5, 5.41) is 10.7. The number of amides is 1. The first kappa shape index (κ1) is 22.1. The summed E-state index contributed by atoms with van der Waals surface area (Å²) in [6.45, 7) is 3.36. The number of thioether (sulfide) groups is 1. The van der Waals surface area contributed by atoms with Crippen molar-refractivity contribution in [2.45, 2.75) is 31.0 Å². The second-order valence-corrected chi connectivity index (χ2v) is 11.2. The highest BCUT2D eigenvalue weighted by Crippen LogP contribution is 2.35. The zero-order valence-electron chi connectivity index (χ0n) is 18.7. The molecule has 2 aliphatic heterocycles. The topological polar surface area (TPSA) is 75.7 Å². The normalized spacial score (nSPS) is 16.6. The van der Waals surface area contributed by atoms with Gasteiger partial charge in [-0.2, -0.15) is 0 Å². The molecule has 0 bridgehead atoms.